The second-order valence-electron chi connectivity index (χ2n) is 3.77. The summed E-state index contributed by atoms with van der Waals surface area (Å²) in [4.78, 5) is 0. The molecule has 0 aliphatic carbocycles. The van der Waals surface area contributed by atoms with E-state index in [9.17, 15) is 0 Å². The number of nitrogens with one attached hydrogen (secondary N) is 2. The monoisotopic (exact) mass is 235 g/mol. The van der Waals surface area contributed by atoms with Crippen molar-refractivity contribution in [1.29, 1.82) is 0 Å². The molecule has 0 fully saturated rings. The molecule has 0 radical (unpaired) electrons. The van der Waals surface area contributed by atoms with Crippen LogP contribution in [0.15, 0.2) is 12.4 Å². The number of nitrogens with zero attached hydrogens (tertiary/aromatic N) is 5. The van der Waals surface area contributed by atoms with Gasteiger partial charge < -0.3 is 5.32 Å². The van der Waals surface area contributed by atoms with Gasteiger partial charge in [0.15, 0.2) is 0 Å². The third-order valence-electron chi connectivity index (χ3n) is 2.52. The summed E-state index contributed by atoms with van der Waals surface area (Å²) in [5.74, 6) is 0. The zero-order chi connectivity index (χ0) is 12.1. The van der Waals surface area contributed by atoms with Crippen LogP contribution in [0.5, 0.6) is 0 Å². The summed E-state index contributed by atoms with van der Waals surface area (Å²) < 4.78 is 1.90. The lowest BCUT2D eigenvalue weighted by Crippen LogP contribution is -2.25. The molecule has 1 atom stereocenters. The number of hydrogen-bond acceptors (Lipinski definition) is 5. The van der Waals surface area contributed by atoms with Crippen molar-refractivity contribution in [2.45, 2.75) is 32.9 Å². The summed E-state index contributed by atoms with van der Waals surface area (Å²) in [5.41, 5.74) is 1.87. The average Bonchev–Trinajstić information content (AvgIpc) is 2.97. The predicted octanol–water partition coefficient (Wildman–Crippen LogP) is 0.505. The number of aromatic nitrogens is 6. The summed E-state index contributed by atoms with van der Waals surface area (Å²) in [6.45, 7) is 5.87. The largest absolute Gasteiger partial charge is 0.304 e. The molecular formula is C10H17N7. The molecule has 7 nitrogen and oxygen atoms in total. The van der Waals surface area contributed by atoms with E-state index in [-0.39, 0.29) is 6.04 Å². The molecule has 2 aromatic heterocycles. The Morgan fingerprint density at radius 1 is 1.41 bits per heavy atom. The van der Waals surface area contributed by atoms with Crippen molar-refractivity contribution in [3.8, 4) is 0 Å². The van der Waals surface area contributed by atoms with Crippen molar-refractivity contribution in [2.24, 2.45) is 0 Å². The maximum absolute atomic E-state index is 4.12. The fourth-order valence-corrected chi connectivity index (χ4v) is 1.79. The fraction of sp³-hybridized carbons (Fsp3) is 0.600. The van der Waals surface area contributed by atoms with Crippen LogP contribution in [0.3, 0.4) is 0 Å². The molecule has 0 amide bonds. The molecule has 2 N–H and O–H groups in total. The van der Waals surface area contributed by atoms with Gasteiger partial charge in [-0.25, -0.2) is 4.68 Å². The van der Waals surface area contributed by atoms with Crippen LogP contribution < -0.4 is 5.32 Å². The van der Waals surface area contributed by atoms with Gasteiger partial charge in [0.05, 0.1) is 24.1 Å². The Bertz CT molecular complexity index is 433. The fourth-order valence-electron chi connectivity index (χ4n) is 1.79. The number of aryl methyl sites for hydroxylation is 1. The zero-order valence-corrected chi connectivity index (χ0v) is 10.1. The van der Waals surface area contributed by atoms with Gasteiger partial charge in [-0.05, 0) is 13.0 Å². The molecule has 92 valence electrons. The Morgan fingerprint density at radius 3 is 2.94 bits per heavy atom. The molecular weight excluding hydrogens is 218 g/mol. The molecule has 0 saturated carbocycles. The van der Waals surface area contributed by atoms with Gasteiger partial charge in [-0.1, -0.05) is 19.1 Å². The summed E-state index contributed by atoms with van der Waals surface area (Å²) in [7, 11) is 0. The summed E-state index contributed by atoms with van der Waals surface area (Å²) in [5, 5.41) is 22.0. The lowest BCUT2D eigenvalue weighted by Gasteiger charge is -2.15. The molecule has 17 heavy (non-hydrogen) atoms. The van der Waals surface area contributed by atoms with Crippen molar-refractivity contribution in [2.75, 3.05) is 6.54 Å². The number of aromatic amines is 1. The molecule has 1 unspecified atom stereocenters. The molecule has 7 heteroatoms. The molecule has 0 aromatic carbocycles. The Balaban J connectivity index is 2.29. The van der Waals surface area contributed by atoms with Crippen molar-refractivity contribution in [3.63, 3.8) is 0 Å². The smallest absolute Gasteiger partial charge is 0.106 e. The highest BCUT2D eigenvalue weighted by Crippen LogP contribution is 2.18. The summed E-state index contributed by atoms with van der Waals surface area (Å²) in [6, 6.07) is -0.0136. The van der Waals surface area contributed by atoms with Crippen molar-refractivity contribution >= 4 is 0 Å². The first-order valence-corrected chi connectivity index (χ1v) is 5.84. The highest BCUT2D eigenvalue weighted by atomic mass is 15.4. The van der Waals surface area contributed by atoms with E-state index in [0.29, 0.717) is 0 Å². The topological polar surface area (TPSA) is 84.3 Å². The first-order chi connectivity index (χ1) is 8.36. The third kappa shape index (κ3) is 2.50. The standard InChI is InChI=1S/C10H17N7/c1-3-5-17-9(7-13-16-17)10(11-4-2)8-6-12-15-14-8/h6-7,10-11H,3-5H2,1-2H3,(H,12,14,15). The maximum Gasteiger partial charge on any atom is 0.106 e. The van der Waals surface area contributed by atoms with Crippen molar-refractivity contribution in [3.05, 3.63) is 23.8 Å². The number of rotatable bonds is 6. The van der Waals surface area contributed by atoms with E-state index < -0.39 is 0 Å². The van der Waals surface area contributed by atoms with Crippen LogP contribution in [-0.2, 0) is 6.54 Å². The van der Waals surface area contributed by atoms with Gasteiger partial charge in [-0.2, -0.15) is 15.4 Å². The van der Waals surface area contributed by atoms with Crippen LogP contribution in [0.25, 0.3) is 0 Å². The first kappa shape index (κ1) is 11.7. The highest BCUT2D eigenvalue weighted by Gasteiger charge is 2.20. The van der Waals surface area contributed by atoms with Gasteiger partial charge in [-0.3, -0.25) is 0 Å². The second kappa shape index (κ2) is 5.53. The third-order valence-corrected chi connectivity index (χ3v) is 2.52. The van der Waals surface area contributed by atoms with Gasteiger partial charge in [0, 0.05) is 6.54 Å². The van der Waals surface area contributed by atoms with E-state index in [4.69, 9.17) is 0 Å². The summed E-state index contributed by atoms with van der Waals surface area (Å²) >= 11 is 0. The lowest BCUT2D eigenvalue weighted by atomic mass is 10.1. The van der Waals surface area contributed by atoms with Crippen molar-refractivity contribution in [1.82, 2.24) is 35.7 Å². The van der Waals surface area contributed by atoms with Crippen LogP contribution in [0.1, 0.15) is 37.7 Å². The molecule has 0 spiro atoms. The van der Waals surface area contributed by atoms with Gasteiger partial charge in [0.25, 0.3) is 0 Å². The molecule has 2 rings (SSSR count). The van der Waals surface area contributed by atoms with Crippen LogP contribution >= 0.6 is 0 Å². The van der Waals surface area contributed by atoms with E-state index in [1.165, 1.54) is 0 Å². The van der Waals surface area contributed by atoms with Crippen LogP contribution in [0.4, 0.5) is 0 Å². The van der Waals surface area contributed by atoms with Crippen LogP contribution in [-0.4, -0.2) is 36.9 Å². The Kier molecular flexibility index (Phi) is 3.81. The van der Waals surface area contributed by atoms with Crippen LogP contribution in [0, 0.1) is 0 Å². The minimum atomic E-state index is -0.0136. The second-order valence-corrected chi connectivity index (χ2v) is 3.77. The first-order valence-electron chi connectivity index (χ1n) is 5.84. The van der Waals surface area contributed by atoms with Gasteiger partial charge in [0.2, 0.25) is 0 Å². The minimum absolute atomic E-state index is 0.0136. The van der Waals surface area contributed by atoms with E-state index in [0.717, 1.165) is 30.9 Å². The SMILES string of the molecule is CCCn1nncc1C(NCC)c1cn[nH]n1. The summed E-state index contributed by atoms with van der Waals surface area (Å²) in [6.07, 6.45) is 4.52. The van der Waals surface area contributed by atoms with Gasteiger partial charge in [0.1, 0.15) is 5.69 Å². The highest BCUT2D eigenvalue weighted by molar-refractivity contribution is 5.16. The number of hydrogen-bond donors (Lipinski definition) is 2. The number of H-pyrrole nitrogens is 1. The molecule has 0 aliphatic heterocycles. The van der Waals surface area contributed by atoms with E-state index in [2.05, 4.69) is 44.9 Å². The zero-order valence-electron chi connectivity index (χ0n) is 10.1. The van der Waals surface area contributed by atoms with E-state index >= 15 is 0 Å². The molecule has 2 heterocycles. The minimum Gasteiger partial charge on any atom is -0.304 e. The average molecular weight is 235 g/mol. The Morgan fingerprint density at radius 2 is 2.29 bits per heavy atom. The Hall–Kier alpha value is -1.76. The van der Waals surface area contributed by atoms with E-state index in [1.54, 1.807) is 12.4 Å². The molecule has 0 aliphatic rings. The quantitative estimate of drug-likeness (QED) is 0.762. The molecule has 0 bridgehead atoms. The molecule has 0 saturated heterocycles. The van der Waals surface area contributed by atoms with Crippen LogP contribution in [0.2, 0.25) is 0 Å². The lowest BCUT2D eigenvalue weighted by molar-refractivity contribution is 0.506. The molecule has 2 aromatic rings. The van der Waals surface area contributed by atoms with Crippen molar-refractivity contribution < 1.29 is 0 Å². The normalized spacial score (nSPS) is 12.8. The maximum atomic E-state index is 4.12. The van der Waals surface area contributed by atoms with E-state index in [1.807, 2.05) is 4.68 Å². The van der Waals surface area contributed by atoms with Gasteiger partial charge in [-0.15, -0.1) is 5.10 Å². The van der Waals surface area contributed by atoms with Gasteiger partial charge >= 0.3 is 0 Å². The Labute approximate surface area is 99.6 Å². The predicted molar refractivity (Wildman–Crippen MR) is 62.2 cm³/mol.